The van der Waals surface area contributed by atoms with Crippen LogP contribution in [0.3, 0.4) is 0 Å². The SMILES string of the molecule is Clc1ccc2cc(-c3ccccc3)c(-c3cc[c]cc3)nc2c1. The first-order valence-corrected chi connectivity index (χ1v) is 7.81. The van der Waals surface area contributed by atoms with Gasteiger partial charge in [-0.3, -0.25) is 0 Å². The summed E-state index contributed by atoms with van der Waals surface area (Å²) in [5.74, 6) is 0. The molecule has 0 spiro atoms. The Bertz CT molecular complexity index is 963. The van der Waals surface area contributed by atoms with Crippen molar-refractivity contribution in [3.05, 3.63) is 90.0 Å². The number of pyridine rings is 1. The molecule has 0 saturated heterocycles. The van der Waals surface area contributed by atoms with Crippen molar-refractivity contribution in [3.8, 4) is 22.4 Å². The average molecular weight is 315 g/mol. The van der Waals surface area contributed by atoms with Crippen molar-refractivity contribution in [1.82, 2.24) is 4.98 Å². The third-order valence-corrected chi connectivity index (χ3v) is 4.09. The Hall–Kier alpha value is -2.64. The zero-order valence-electron chi connectivity index (χ0n) is 12.3. The van der Waals surface area contributed by atoms with Gasteiger partial charge in [-0.15, -0.1) is 0 Å². The minimum atomic E-state index is 0.699. The van der Waals surface area contributed by atoms with E-state index in [1.807, 2.05) is 60.7 Å². The summed E-state index contributed by atoms with van der Waals surface area (Å²) in [6.45, 7) is 0. The third kappa shape index (κ3) is 2.71. The van der Waals surface area contributed by atoms with Gasteiger partial charge in [0.15, 0.2) is 0 Å². The molecule has 4 rings (SSSR count). The highest BCUT2D eigenvalue weighted by molar-refractivity contribution is 6.31. The number of aromatic nitrogens is 1. The Morgan fingerprint density at radius 2 is 1.57 bits per heavy atom. The van der Waals surface area contributed by atoms with Gasteiger partial charge in [-0.2, -0.15) is 0 Å². The van der Waals surface area contributed by atoms with E-state index in [4.69, 9.17) is 16.6 Å². The van der Waals surface area contributed by atoms with E-state index in [2.05, 4.69) is 24.3 Å². The van der Waals surface area contributed by atoms with Crippen LogP contribution in [0.2, 0.25) is 5.02 Å². The number of hydrogen-bond acceptors (Lipinski definition) is 1. The molecule has 0 unspecified atom stereocenters. The fraction of sp³-hybridized carbons (Fsp3) is 0. The van der Waals surface area contributed by atoms with Crippen LogP contribution < -0.4 is 0 Å². The lowest BCUT2D eigenvalue weighted by molar-refractivity contribution is 1.39. The van der Waals surface area contributed by atoms with Crippen LogP contribution in [0.25, 0.3) is 33.3 Å². The van der Waals surface area contributed by atoms with Gasteiger partial charge in [0.1, 0.15) is 0 Å². The molecule has 0 aliphatic heterocycles. The second kappa shape index (κ2) is 5.86. The molecule has 0 aliphatic carbocycles. The van der Waals surface area contributed by atoms with Crippen molar-refractivity contribution in [2.75, 3.05) is 0 Å². The molecule has 0 saturated carbocycles. The summed E-state index contributed by atoms with van der Waals surface area (Å²) in [6.07, 6.45) is 0. The molecule has 109 valence electrons. The molecule has 1 aromatic heterocycles. The van der Waals surface area contributed by atoms with Gasteiger partial charge in [0.2, 0.25) is 0 Å². The van der Waals surface area contributed by atoms with Crippen LogP contribution in [-0.2, 0) is 0 Å². The monoisotopic (exact) mass is 314 g/mol. The first kappa shape index (κ1) is 14.0. The molecule has 23 heavy (non-hydrogen) atoms. The van der Waals surface area contributed by atoms with E-state index in [9.17, 15) is 0 Å². The van der Waals surface area contributed by atoms with Gasteiger partial charge >= 0.3 is 0 Å². The Kier molecular flexibility index (Phi) is 3.57. The number of nitrogens with zero attached hydrogens (tertiary/aromatic N) is 1. The minimum Gasteiger partial charge on any atom is -0.247 e. The fourth-order valence-corrected chi connectivity index (χ4v) is 2.91. The molecule has 2 heteroatoms. The van der Waals surface area contributed by atoms with Gasteiger partial charge in [-0.05, 0) is 29.8 Å². The first-order valence-electron chi connectivity index (χ1n) is 7.43. The lowest BCUT2D eigenvalue weighted by Crippen LogP contribution is -1.91. The summed E-state index contributed by atoms with van der Waals surface area (Å²) in [7, 11) is 0. The van der Waals surface area contributed by atoms with E-state index in [1.165, 1.54) is 0 Å². The number of benzene rings is 3. The Balaban J connectivity index is 2.04. The van der Waals surface area contributed by atoms with Crippen LogP contribution in [0, 0.1) is 6.07 Å². The van der Waals surface area contributed by atoms with Gasteiger partial charge < -0.3 is 0 Å². The van der Waals surface area contributed by atoms with Crippen LogP contribution >= 0.6 is 11.6 Å². The van der Waals surface area contributed by atoms with Gasteiger partial charge in [0.25, 0.3) is 0 Å². The molecule has 1 heterocycles. The number of halogens is 1. The van der Waals surface area contributed by atoms with Crippen molar-refractivity contribution in [2.45, 2.75) is 0 Å². The maximum Gasteiger partial charge on any atom is 0.0788 e. The molecule has 0 fully saturated rings. The predicted molar refractivity (Wildman–Crippen MR) is 96.5 cm³/mol. The van der Waals surface area contributed by atoms with Crippen LogP contribution in [-0.4, -0.2) is 4.98 Å². The summed E-state index contributed by atoms with van der Waals surface area (Å²) in [5, 5.41) is 1.78. The number of rotatable bonds is 2. The molecule has 3 aromatic carbocycles. The van der Waals surface area contributed by atoms with E-state index in [0.29, 0.717) is 5.02 Å². The molecule has 1 radical (unpaired) electrons. The quantitative estimate of drug-likeness (QED) is 0.440. The fourth-order valence-electron chi connectivity index (χ4n) is 2.74. The van der Waals surface area contributed by atoms with Crippen molar-refractivity contribution < 1.29 is 0 Å². The summed E-state index contributed by atoms with van der Waals surface area (Å²) in [4.78, 5) is 4.88. The molecular formula is C21H13ClN. The molecule has 1 nitrogen and oxygen atoms in total. The molecule has 0 aliphatic rings. The number of hydrogen-bond donors (Lipinski definition) is 0. The van der Waals surface area contributed by atoms with Gasteiger partial charge in [-0.1, -0.05) is 72.3 Å². The van der Waals surface area contributed by atoms with Crippen molar-refractivity contribution in [1.29, 1.82) is 0 Å². The van der Waals surface area contributed by atoms with Crippen molar-refractivity contribution in [3.63, 3.8) is 0 Å². The normalized spacial score (nSPS) is 10.8. The standard InChI is InChI=1S/C21H13ClN/c22-18-12-11-17-13-19(15-7-3-1-4-8-15)21(23-20(17)14-18)16-9-5-2-6-10-16/h1,3-14H. The van der Waals surface area contributed by atoms with E-state index < -0.39 is 0 Å². The van der Waals surface area contributed by atoms with Crippen LogP contribution in [0.4, 0.5) is 0 Å². The summed E-state index contributed by atoms with van der Waals surface area (Å²) in [5.41, 5.74) is 5.20. The maximum atomic E-state index is 6.13. The van der Waals surface area contributed by atoms with Crippen molar-refractivity contribution in [2.24, 2.45) is 0 Å². The van der Waals surface area contributed by atoms with E-state index >= 15 is 0 Å². The summed E-state index contributed by atoms with van der Waals surface area (Å²) < 4.78 is 0. The molecule has 0 bridgehead atoms. The highest BCUT2D eigenvalue weighted by atomic mass is 35.5. The zero-order chi connectivity index (χ0) is 15.6. The van der Waals surface area contributed by atoms with E-state index in [-0.39, 0.29) is 0 Å². The lowest BCUT2D eigenvalue weighted by atomic mass is 9.97. The van der Waals surface area contributed by atoms with Gasteiger partial charge in [0, 0.05) is 21.5 Å². The Morgan fingerprint density at radius 1 is 0.783 bits per heavy atom. The Morgan fingerprint density at radius 3 is 2.35 bits per heavy atom. The van der Waals surface area contributed by atoms with E-state index in [0.717, 1.165) is 33.3 Å². The number of fused-ring (bicyclic) bond motifs is 1. The molecule has 0 amide bonds. The molecule has 0 N–H and O–H groups in total. The summed E-state index contributed by atoms with van der Waals surface area (Å²) in [6, 6.07) is 29.3. The lowest BCUT2D eigenvalue weighted by Gasteiger charge is -2.11. The molecule has 0 atom stereocenters. The highest BCUT2D eigenvalue weighted by Crippen LogP contribution is 2.33. The predicted octanol–water partition coefficient (Wildman–Crippen LogP) is 6.02. The van der Waals surface area contributed by atoms with Crippen LogP contribution in [0.1, 0.15) is 0 Å². The maximum absolute atomic E-state index is 6.13. The second-order valence-corrected chi connectivity index (χ2v) is 5.81. The molecular weight excluding hydrogens is 302 g/mol. The first-order chi connectivity index (χ1) is 11.3. The largest absolute Gasteiger partial charge is 0.247 e. The van der Waals surface area contributed by atoms with Gasteiger partial charge in [0.05, 0.1) is 11.2 Å². The second-order valence-electron chi connectivity index (χ2n) is 5.38. The van der Waals surface area contributed by atoms with Gasteiger partial charge in [-0.25, -0.2) is 4.98 Å². The van der Waals surface area contributed by atoms with Crippen LogP contribution in [0.15, 0.2) is 78.9 Å². The Labute approximate surface area is 140 Å². The topological polar surface area (TPSA) is 12.9 Å². The zero-order valence-corrected chi connectivity index (χ0v) is 13.1. The van der Waals surface area contributed by atoms with Crippen molar-refractivity contribution >= 4 is 22.5 Å². The van der Waals surface area contributed by atoms with E-state index in [1.54, 1.807) is 0 Å². The highest BCUT2D eigenvalue weighted by Gasteiger charge is 2.11. The third-order valence-electron chi connectivity index (χ3n) is 3.86. The average Bonchev–Trinajstić information content (AvgIpc) is 2.62. The smallest absolute Gasteiger partial charge is 0.0788 e. The molecule has 4 aromatic rings. The minimum absolute atomic E-state index is 0.699. The summed E-state index contributed by atoms with van der Waals surface area (Å²) >= 11 is 6.13. The van der Waals surface area contributed by atoms with Crippen LogP contribution in [0.5, 0.6) is 0 Å².